The van der Waals surface area contributed by atoms with Crippen LogP contribution in [0, 0.1) is 6.92 Å². The first kappa shape index (κ1) is 10.3. The Labute approximate surface area is 73.2 Å². The van der Waals surface area contributed by atoms with Gasteiger partial charge in [0.05, 0.1) is 0 Å². The van der Waals surface area contributed by atoms with Gasteiger partial charge in [0.2, 0.25) is 0 Å². The fourth-order valence-electron chi connectivity index (χ4n) is 0.624. The largest absolute Gasteiger partial charge is 0.398 e. The summed E-state index contributed by atoms with van der Waals surface area (Å²) in [6, 6.07) is 5.50. The van der Waals surface area contributed by atoms with E-state index in [4.69, 9.17) is 17.3 Å². The molecule has 0 aliphatic rings. The Hall–Kier alpha value is -0.690. The highest BCUT2D eigenvalue weighted by atomic mass is 35.5. The van der Waals surface area contributed by atoms with Crippen LogP contribution >= 0.6 is 11.6 Å². The van der Waals surface area contributed by atoms with Crippen LogP contribution in [0.2, 0.25) is 5.02 Å². The van der Waals surface area contributed by atoms with E-state index in [0.29, 0.717) is 0 Å². The number of hydrogen-bond donors (Lipinski definition) is 1. The van der Waals surface area contributed by atoms with E-state index in [1.807, 2.05) is 39.0 Å². The molecule has 0 bridgehead atoms. The lowest BCUT2D eigenvalue weighted by atomic mass is 10.2. The summed E-state index contributed by atoms with van der Waals surface area (Å²) in [5.74, 6) is 0. The summed E-state index contributed by atoms with van der Waals surface area (Å²) in [6.45, 7) is 5.90. The highest BCUT2D eigenvalue weighted by Crippen LogP contribution is 2.19. The van der Waals surface area contributed by atoms with Crippen molar-refractivity contribution in [2.45, 2.75) is 20.8 Å². The lowest BCUT2D eigenvalue weighted by Crippen LogP contribution is -1.87. The van der Waals surface area contributed by atoms with E-state index in [9.17, 15) is 0 Å². The second kappa shape index (κ2) is 5.03. The summed E-state index contributed by atoms with van der Waals surface area (Å²) in [7, 11) is 0. The Morgan fingerprint density at radius 2 is 1.82 bits per heavy atom. The fraction of sp³-hybridized carbons (Fsp3) is 0.333. The van der Waals surface area contributed by atoms with Crippen molar-refractivity contribution in [2.75, 3.05) is 5.73 Å². The molecule has 1 aromatic rings. The summed E-state index contributed by atoms with van der Waals surface area (Å²) in [6.07, 6.45) is 0. The standard InChI is InChI=1S/C7H8ClN.C2H6/c1-5-6(8)3-2-4-7(5)9;1-2/h2-4H,9H2,1H3;1-2H3. The van der Waals surface area contributed by atoms with Gasteiger partial charge >= 0.3 is 0 Å². The smallest absolute Gasteiger partial charge is 0.0455 e. The van der Waals surface area contributed by atoms with Crippen LogP contribution in [-0.2, 0) is 0 Å². The molecule has 0 fully saturated rings. The molecule has 0 heterocycles. The van der Waals surface area contributed by atoms with Gasteiger partial charge in [-0.1, -0.05) is 31.5 Å². The van der Waals surface area contributed by atoms with Crippen LogP contribution in [0.25, 0.3) is 0 Å². The fourth-order valence-corrected chi connectivity index (χ4v) is 0.806. The molecule has 0 atom stereocenters. The van der Waals surface area contributed by atoms with E-state index < -0.39 is 0 Å². The summed E-state index contributed by atoms with van der Waals surface area (Å²) in [5.41, 5.74) is 7.25. The van der Waals surface area contributed by atoms with Crippen LogP contribution in [0.3, 0.4) is 0 Å². The van der Waals surface area contributed by atoms with Crippen LogP contribution in [0.1, 0.15) is 19.4 Å². The van der Waals surface area contributed by atoms with Crippen molar-refractivity contribution < 1.29 is 0 Å². The minimum absolute atomic E-state index is 0.731. The molecule has 11 heavy (non-hydrogen) atoms. The lowest BCUT2D eigenvalue weighted by Gasteiger charge is -1.98. The lowest BCUT2D eigenvalue weighted by molar-refractivity contribution is 1.47. The third kappa shape index (κ3) is 2.81. The van der Waals surface area contributed by atoms with Crippen molar-refractivity contribution in [3.05, 3.63) is 28.8 Å². The molecular weight excluding hydrogens is 158 g/mol. The monoisotopic (exact) mass is 171 g/mol. The highest BCUT2D eigenvalue weighted by Gasteiger charge is 1.94. The van der Waals surface area contributed by atoms with Crippen LogP contribution in [-0.4, -0.2) is 0 Å². The van der Waals surface area contributed by atoms with Gasteiger partial charge in [0.15, 0.2) is 0 Å². The van der Waals surface area contributed by atoms with E-state index in [0.717, 1.165) is 16.3 Å². The minimum atomic E-state index is 0.731. The van der Waals surface area contributed by atoms with Crippen molar-refractivity contribution >= 4 is 17.3 Å². The van der Waals surface area contributed by atoms with Crippen molar-refractivity contribution in [3.8, 4) is 0 Å². The molecule has 0 saturated carbocycles. The summed E-state index contributed by atoms with van der Waals surface area (Å²) in [5, 5.41) is 0.731. The highest BCUT2D eigenvalue weighted by molar-refractivity contribution is 6.31. The average Bonchev–Trinajstić information content (AvgIpc) is 2.04. The second-order valence-corrected chi connectivity index (χ2v) is 2.36. The molecule has 0 aliphatic carbocycles. The molecule has 1 aromatic carbocycles. The van der Waals surface area contributed by atoms with Gasteiger partial charge < -0.3 is 5.73 Å². The number of halogens is 1. The van der Waals surface area contributed by atoms with Crippen molar-refractivity contribution in [1.29, 1.82) is 0 Å². The summed E-state index contributed by atoms with van der Waals surface area (Å²) in [4.78, 5) is 0. The molecule has 1 nitrogen and oxygen atoms in total. The molecule has 62 valence electrons. The van der Waals surface area contributed by atoms with E-state index in [2.05, 4.69) is 0 Å². The van der Waals surface area contributed by atoms with E-state index >= 15 is 0 Å². The van der Waals surface area contributed by atoms with Crippen molar-refractivity contribution in [3.63, 3.8) is 0 Å². The van der Waals surface area contributed by atoms with Gasteiger partial charge in [0.25, 0.3) is 0 Å². The molecule has 2 N–H and O–H groups in total. The Balaban J connectivity index is 0.000000461. The molecule has 0 aliphatic heterocycles. The topological polar surface area (TPSA) is 26.0 Å². The number of nitrogens with two attached hydrogens (primary N) is 1. The first-order chi connectivity index (χ1) is 5.22. The van der Waals surface area contributed by atoms with Gasteiger partial charge in [0.1, 0.15) is 0 Å². The number of rotatable bonds is 0. The number of hydrogen-bond acceptors (Lipinski definition) is 1. The van der Waals surface area contributed by atoms with Gasteiger partial charge in [-0.2, -0.15) is 0 Å². The normalized spacial score (nSPS) is 8.36. The predicted octanol–water partition coefficient (Wildman–Crippen LogP) is 3.26. The number of benzene rings is 1. The zero-order valence-corrected chi connectivity index (χ0v) is 7.94. The summed E-state index contributed by atoms with van der Waals surface area (Å²) >= 11 is 5.73. The van der Waals surface area contributed by atoms with Gasteiger partial charge in [-0.25, -0.2) is 0 Å². The van der Waals surface area contributed by atoms with Crippen molar-refractivity contribution in [2.24, 2.45) is 0 Å². The summed E-state index contributed by atoms with van der Waals surface area (Å²) < 4.78 is 0. The van der Waals surface area contributed by atoms with Crippen LogP contribution < -0.4 is 5.73 Å². The Kier molecular flexibility index (Phi) is 4.71. The Morgan fingerprint density at radius 1 is 1.27 bits per heavy atom. The van der Waals surface area contributed by atoms with Gasteiger partial charge in [-0.3, -0.25) is 0 Å². The maximum atomic E-state index is 5.73. The average molecular weight is 172 g/mol. The van der Waals surface area contributed by atoms with Crippen LogP contribution in [0.4, 0.5) is 5.69 Å². The third-order valence-electron chi connectivity index (χ3n) is 1.31. The number of anilines is 1. The first-order valence-electron chi connectivity index (χ1n) is 3.72. The van der Waals surface area contributed by atoms with Gasteiger partial charge in [-0.15, -0.1) is 0 Å². The maximum Gasteiger partial charge on any atom is 0.0455 e. The molecule has 0 radical (unpaired) electrons. The second-order valence-electron chi connectivity index (χ2n) is 1.95. The Bertz CT molecular complexity index is 201. The molecule has 0 spiro atoms. The SMILES string of the molecule is CC.Cc1c(N)cccc1Cl. The molecule has 0 amide bonds. The van der Waals surface area contributed by atoms with E-state index in [1.54, 1.807) is 0 Å². The predicted molar refractivity (Wildman–Crippen MR) is 51.9 cm³/mol. The zero-order valence-electron chi connectivity index (χ0n) is 7.19. The van der Waals surface area contributed by atoms with E-state index in [1.165, 1.54) is 0 Å². The van der Waals surface area contributed by atoms with Gasteiger partial charge in [0, 0.05) is 10.7 Å². The quantitative estimate of drug-likeness (QED) is 0.596. The molecule has 0 saturated heterocycles. The van der Waals surface area contributed by atoms with Crippen LogP contribution in [0.5, 0.6) is 0 Å². The van der Waals surface area contributed by atoms with Crippen molar-refractivity contribution in [1.82, 2.24) is 0 Å². The van der Waals surface area contributed by atoms with Crippen LogP contribution in [0.15, 0.2) is 18.2 Å². The van der Waals surface area contributed by atoms with Gasteiger partial charge in [-0.05, 0) is 24.6 Å². The zero-order chi connectivity index (χ0) is 8.85. The minimum Gasteiger partial charge on any atom is -0.398 e. The third-order valence-corrected chi connectivity index (χ3v) is 1.72. The molecule has 0 unspecified atom stereocenters. The Morgan fingerprint density at radius 3 is 2.18 bits per heavy atom. The molecule has 1 rings (SSSR count). The van der Waals surface area contributed by atoms with E-state index in [-0.39, 0.29) is 0 Å². The maximum absolute atomic E-state index is 5.73. The number of nitrogen functional groups attached to an aromatic ring is 1. The molecule has 0 aromatic heterocycles. The molecular formula is C9H14ClN. The molecule has 2 heteroatoms. The first-order valence-corrected chi connectivity index (χ1v) is 4.10.